The number of sulfonamides is 1. The first-order valence-corrected chi connectivity index (χ1v) is 13.0. The number of carbonyl (C=O) groups is 1. The number of nitrogens with zero attached hydrogens (tertiary/aromatic N) is 4. The number of fused-ring (bicyclic) bond motifs is 1. The molecule has 2 aromatic carbocycles. The lowest BCUT2D eigenvalue weighted by Crippen LogP contribution is -2.32. The van der Waals surface area contributed by atoms with E-state index in [0.29, 0.717) is 29.9 Å². The molecule has 33 heavy (non-hydrogen) atoms. The standard InChI is InChI=1S/C22H21FN4O4S2/c23-16-9-7-15(8-10-16)20-24-25-22(26(20)14-17-4-3-12-31-17)32-13-11-27-21(28)18-5-1-2-6-19(18)33(27,29)30/h1-2,5-10,17H,3-4,11-14H2/t17-/m0/s1. The molecule has 11 heteroatoms. The van der Waals surface area contributed by atoms with E-state index in [1.807, 2.05) is 4.57 Å². The Morgan fingerprint density at radius 1 is 1.12 bits per heavy atom. The Labute approximate surface area is 194 Å². The maximum absolute atomic E-state index is 13.4. The highest BCUT2D eigenvalue weighted by atomic mass is 32.2. The molecule has 1 atom stereocenters. The molecule has 1 aromatic heterocycles. The molecular formula is C22H21FN4O4S2. The molecule has 0 N–H and O–H groups in total. The average Bonchev–Trinajstić information content (AvgIpc) is 3.51. The molecule has 1 fully saturated rings. The van der Waals surface area contributed by atoms with Crippen molar-refractivity contribution < 1.29 is 22.3 Å². The first-order chi connectivity index (χ1) is 15.9. The summed E-state index contributed by atoms with van der Waals surface area (Å²) in [5, 5.41) is 9.18. The van der Waals surface area contributed by atoms with E-state index in [9.17, 15) is 17.6 Å². The maximum atomic E-state index is 13.4. The van der Waals surface area contributed by atoms with Gasteiger partial charge >= 0.3 is 0 Å². The van der Waals surface area contributed by atoms with Gasteiger partial charge in [0.15, 0.2) is 11.0 Å². The number of hydrogen-bond donors (Lipinski definition) is 0. The van der Waals surface area contributed by atoms with Crippen molar-refractivity contribution in [3.63, 3.8) is 0 Å². The fraction of sp³-hybridized carbons (Fsp3) is 0.318. The molecule has 1 amide bonds. The number of ether oxygens (including phenoxy) is 1. The van der Waals surface area contributed by atoms with E-state index < -0.39 is 15.9 Å². The van der Waals surface area contributed by atoms with Gasteiger partial charge in [0.25, 0.3) is 15.9 Å². The van der Waals surface area contributed by atoms with Gasteiger partial charge in [0, 0.05) is 24.5 Å². The minimum Gasteiger partial charge on any atom is -0.376 e. The third-order valence-corrected chi connectivity index (χ3v) is 8.45. The van der Waals surface area contributed by atoms with Gasteiger partial charge < -0.3 is 4.74 Å². The molecule has 0 saturated carbocycles. The van der Waals surface area contributed by atoms with Gasteiger partial charge in [0.05, 0.1) is 18.2 Å². The van der Waals surface area contributed by atoms with Crippen LogP contribution >= 0.6 is 11.8 Å². The van der Waals surface area contributed by atoms with Crippen molar-refractivity contribution in [2.45, 2.75) is 35.5 Å². The van der Waals surface area contributed by atoms with Crippen LogP contribution in [0.15, 0.2) is 58.6 Å². The number of thioether (sulfide) groups is 1. The zero-order chi connectivity index (χ0) is 23.0. The van der Waals surface area contributed by atoms with Crippen molar-refractivity contribution in [1.82, 2.24) is 19.1 Å². The summed E-state index contributed by atoms with van der Waals surface area (Å²) in [7, 11) is -3.85. The first kappa shape index (κ1) is 22.1. The zero-order valence-electron chi connectivity index (χ0n) is 17.6. The molecule has 3 aromatic rings. The van der Waals surface area contributed by atoms with Crippen molar-refractivity contribution in [1.29, 1.82) is 0 Å². The smallest absolute Gasteiger partial charge is 0.269 e. The normalized spacial score (nSPS) is 19.2. The van der Waals surface area contributed by atoms with Gasteiger partial charge in [-0.15, -0.1) is 10.2 Å². The van der Waals surface area contributed by atoms with Crippen molar-refractivity contribution >= 4 is 27.7 Å². The molecule has 0 unspecified atom stereocenters. The summed E-state index contributed by atoms with van der Waals surface area (Å²) < 4.78 is 47.5. The minimum atomic E-state index is -3.85. The summed E-state index contributed by atoms with van der Waals surface area (Å²) in [6.07, 6.45) is 1.93. The SMILES string of the molecule is O=C1c2ccccc2S(=O)(=O)N1CCSc1nnc(-c2ccc(F)cc2)n1C[C@@H]1CCCO1. The number of benzene rings is 2. The van der Waals surface area contributed by atoms with Crippen LogP contribution in [0, 0.1) is 5.82 Å². The summed E-state index contributed by atoms with van der Waals surface area (Å²) in [5.41, 5.74) is 0.921. The van der Waals surface area contributed by atoms with E-state index in [2.05, 4.69) is 10.2 Å². The van der Waals surface area contributed by atoms with Gasteiger partial charge in [-0.3, -0.25) is 9.36 Å². The molecule has 2 aliphatic heterocycles. The van der Waals surface area contributed by atoms with Crippen molar-refractivity contribution in [2.24, 2.45) is 0 Å². The van der Waals surface area contributed by atoms with Crippen LogP contribution in [0.2, 0.25) is 0 Å². The second-order valence-corrected chi connectivity index (χ2v) is 10.7. The summed E-state index contributed by atoms with van der Waals surface area (Å²) >= 11 is 1.32. The predicted octanol–water partition coefficient (Wildman–Crippen LogP) is 3.20. The molecule has 2 aliphatic rings. The van der Waals surface area contributed by atoms with Crippen LogP contribution in [0.1, 0.15) is 23.2 Å². The average molecular weight is 489 g/mol. The maximum Gasteiger partial charge on any atom is 0.269 e. The quantitative estimate of drug-likeness (QED) is 0.472. The van der Waals surface area contributed by atoms with E-state index in [4.69, 9.17) is 4.74 Å². The summed E-state index contributed by atoms with van der Waals surface area (Å²) in [4.78, 5) is 12.7. The Balaban J connectivity index is 1.35. The lowest BCUT2D eigenvalue weighted by atomic mass is 10.2. The highest BCUT2D eigenvalue weighted by molar-refractivity contribution is 7.99. The number of halogens is 1. The Hall–Kier alpha value is -2.76. The Kier molecular flexibility index (Phi) is 5.94. The van der Waals surface area contributed by atoms with E-state index in [-0.39, 0.29) is 28.9 Å². The van der Waals surface area contributed by atoms with E-state index in [1.165, 1.54) is 36.0 Å². The fourth-order valence-electron chi connectivity index (χ4n) is 4.04. The minimum absolute atomic E-state index is 0.0131. The van der Waals surface area contributed by atoms with E-state index in [1.54, 1.807) is 24.3 Å². The Morgan fingerprint density at radius 3 is 2.64 bits per heavy atom. The van der Waals surface area contributed by atoms with Crippen LogP contribution in [0.25, 0.3) is 11.4 Å². The largest absolute Gasteiger partial charge is 0.376 e. The first-order valence-electron chi connectivity index (χ1n) is 10.5. The summed E-state index contributed by atoms with van der Waals surface area (Å²) in [6, 6.07) is 12.3. The summed E-state index contributed by atoms with van der Waals surface area (Å²) in [5.74, 6) is 0.0480. The van der Waals surface area contributed by atoms with Gasteiger partial charge in [0.2, 0.25) is 0 Å². The fourth-order valence-corrected chi connectivity index (χ4v) is 6.59. The topological polar surface area (TPSA) is 94.4 Å². The highest BCUT2D eigenvalue weighted by Crippen LogP contribution is 2.31. The van der Waals surface area contributed by atoms with Crippen LogP contribution < -0.4 is 0 Å². The molecule has 3 heterocycles. The van der Waals surface area contributed by atoms with Crippen LogP contribution in [0.4, 0.5) is 4.39 Å². The van der Waals surface area contributed by atoms with Crippen LogP contribution in [0.5, 0.6) is 0 Å². The van der Waals surface area contributed by atoms with Gasteiger partial charge in [-0.2, -0.15) is 0 Å². The van der Waals surface area contributed by atoms with E-state index >= 15 is 0 Å². The van der Waals surface area contributed by atoms with Crippen LogP contribution in [-0.4, -0.2) is 58.4 Å². The monoisotopic (exact) mass is 488 g/mol. The second kappa shape index (κ2) is 8.88. The zero-order valence-corrected chi connectivity index (χ0v) is 19.2. The molecule has 0 aliphatic carbocycles. The Morgan fingerprint density at radius 2 is 1.91 bits per heavy atom. The predicted molar refractivity (Wildman–Crippen MR) is 120 cm³/mol. The van der Waals surface area contributed by atoms with Gasteiger partial charge in [-0.25, -0.2) is 17.1 Å². The third kappa shape index (κ3) is 4.16. The third-order valence-electron chi connectivity index (χ3n) is 5.67. The van der Waals surface area contributed by atoms with Gasteiger partial charge in [-0.05, 0) is 49.2 Å². The van der Waals surface area contributed by atoms with Gasteiger partial charge in [-0.1, -0.05) is 23.9 Å². The molecular weight excluding hydrogens is 467 g/mol. The number of rotatable bonds is 7. The van der Waals surface area contributed by atoms with Crippen molar-refractivity contribution in [2.75, 3.05) is 18.9 Å². The molecule has 1 saturated heterocycles. The van der Waals surface area contributed by atoms with Crippen molar-refractivity contribution in [3.8, 4) is 11.4 Å². The number of carbonyl (C=O) groups excluding carboxylic acids is 1. The molecule has 0 radical (unpaired) electrons. The lowest BCUT2D eigenvalue weighted by Gasteiger charge is -2.16. The van der Waals surface area contributed by atoms with Crippen LogP contribution in [-0.2, 0) is 21.3 Å². The molecule has 5 rings (SSSR count). The second-order valence-electron chi connectivity index (χ2n) is 7.79. The van der Waals surface area contributed by atoms with Crippen LogP contribution in [0.3, 0.4) is 0 Å². The molecule has 0 spiro atoms. The number of amides is 1. The summed E-state index contributed by atoms with van der Waals surface area (Å²) in [6.45, 7) is 1.25. The lowest BCUT2D eigenvalue weighted by molar-refractivity contribution is 0.0876. The number of hydrogen-bond acceptors (Lipinski definition) is 7. The molecule has 0 bridgehead atoms. The molecule has 8 nitrogen and oxygen atoms in total. The highest BCUT2D eigenvalue weighted by Gasteiger charge is 2.40. The number of aromatic nitrogens is 3. The molecule has 172 valence electrons. The van der Waals surface area contributed by atoms with Gasteiger partial charge in [0.1, 0.15) is 10.7 Å². The van der Waals surface area contributed by atoms with E-state index in [0.717, 1.165) is 22.7 Å². The Bertz CT molecular complexity index is 1290. The van der Waals surface area contributed by atoms with Crippen molar-refractivity contribution in [3.05, 3.63) is 59.9 Å².